The van der Waals surface area contributed by atoms with E-state index in [2.05, 4.69) is 37.4 Å². The summed E-state index contributed by atoms with van der Waals surface area (Å²) < 4.78 is 22.3. The quantitative estimate of drug-likeness (QED) is 0.816. The second kappa shape index (κ2) is 7.23. The van der Waals surface area contributed by atoms with Crippen LogP contribution in [0.15, 0.2) is 24.3 Å². The monoisotopic (exact) mass is 352 g/mol. The lowest BCUT2D eigenvalue weighted by atomic mass is 9.69. The Morgan fingerprint density at radius 3 is 2.71 bits per heavy atom. The first-order chi connectivity index (χ1) is 11.1. The topological polar surface area (TPSA) is 89.3 Å². The van der Waals surface area contributed by atoms with Gasteiger partial charge in [0.15, 0.2) is 0 Å². The molecular formula is C18H28N2O3S. The number of hydrogen-bond donors (Lipinski definition) is 2. The third-order valence-corrected chi connectivity index (χ3v) is 5.88. The minimum atomic E-state index is -3.10. The summed E-state index contributed by atoms with van der Waals surface area (Å²) >= 11 is 0. The van der Waals surface area contributed by atoms with Gasteiger partial charge < -0.3 is 11.1 Å². The standard InChI is InChI=1S/C18H28N2O3S/c1-18(2)10-8-13(14-6-4-5-7-15(14)18)12-20-17(21)16(19)9-11-24(3,22)23/h4-7,13,16H,8-12,19H2,1-3H3,(H,20,21). The molecule has 0 spiro atoms. The Labute approximate surface area is 144 Å². The summed E-state index contributed by atoms with van der Waals surface area (Å²) in [6, 6.07) is 7.61. The Morgan fingerprint density at radius 2 is 2.04 bits per heavy atom. The van der Waals surface area contributed by atoms with Crippen molar-refractivity contribution in [2.24, 2.45) is 5.73 Å². The number of fused-ring (bicyclic) bond motifs is 1. The van der Waals surface area contributed by atoms with Crippen LogP contribution in [-0.2, 0) is 20.0 Å². The van der Waals surface area contributed by atoms with Crippen LogP contribution in [0.25, 0.3) is 0 Å². The molecule has 5 nitrogen and oxygen atoms in total. The van der Waals surface area contributed by atoms with Gasteiger partial charge in [-0.2, -0.15) is 0 Å². The minimum absolute atomic E-state index is 0.0674. The van der Waals surface area contributed by atoms with E-state index in [1.165, 1.54) is 11.1 Å². The summed E-state index contributed by atoms with van der Waals surface area (Å²) in [6.07, 6.45) is 3.39. The number of carbonyl (C=O) groups is 1. The fourth-order valence-corrected chi connectivity index (χ4v) is 4.02. The Hall–Kier alpha value is -1.40. The second-order valence-electron chi connectivity index (χ2n) is 7.48. The molecule has 0 radical (unpaired) electrons. The van der Waals surface area contributed by atoms with E-state index in [0.29, 0.717) is 6.54 Å². The highest BCUT2D eigenvalue weighted by Crippen LogP contribution is 2.42. The Morgan fingerprint density at radius 1 is 1.38 bits per heavy atom. The van der Waals surface area contributed by atoms with E-state index >= 15 is 0 Å². The molecule has 1 aliphatic rings. The first-order valence-corrected chi connectivity index (χ1v) is 10.5. The molecule has 2 unspecified atom stereocenters. The van der Waals surface area contributed by atoms with Crippen molar-refractivity contribution in [3.05, 3.63) is 35.4 Å². The van der Waals surface area contributed by atoms with Crippen molar-refractivity contribution >= 4 is 15.7 Å². The van der Waals surface area contributed by atoms with Gasteiger partial charge >= 0.3 is 0 Å². The fourth-order valence-electron chi connectivity index (χ4n) is 3.33. The van der Waals surface area contributed by atoms with E-state index in [9.17, 15) is 13.2 Å². The molecule has 2 atom stereocenters. The molecule has 1 amide bonds. The Kier molecular flexibility index (Phi) is 5.71. The second-order valence-corrected chi connectivity index (χ2v) is 9.74. The van der Waals surface area contributed by atoms with Crippen LogP contribution in [0.1, 0.15) is 50.2 Å². The van der Waals surface area contributed by atoms with Crippen molar-refractivity contribution < 1.29 is 13.2 Å². The van der Waals surface area contributed by atoms with Crippen LogP contribution in [0, 0.1) is 0 Å². The van der Waals surface area contributed by atoms with Crippen LogP contribution in [0.5, 0.6) is 0 Å². The first kappa shape index (κ1) is 18.9. The predicted octanol–water partition coefficient (Wildman–Crippen LogP) is 1.72. The summed E-state index contributed by atoms with van der Waals surface area (Å²) in [7, 11) is -3.10. The van der Waals surface area contributed by atoms with Crippen LogP contribution in [-0.4, -0.2) is 38.9 Å². The summed E-state index contributed by atoms with van der Waals surface area (Å²) in [4.78, 5) is 12.1. The van der Waals surface area contributed by atoms with E-state index in [1.807, 2.05) is 6.07 Å². The SMILES string of the molecule is CC1(C)CCC(CNC(=O)C(N)CCS(C)(=O)=O)c2ccccc21. The summed E-state index contributed by atoms with van der Waals surface area (Å²) in [5.41, 5.74) is 8.59. The number of hydrogen-bond acceptors (Lipinski definition) is 4. The van der Waals surface area contributed by atoms with Crippen LogP contribution in [0.4, 0.5) is 0 Å². The van der Waals surface area contributed by atoms with Gasteiger partial charge in [-0.15, -0.1) is 0 Å². The highest BCUT2D eigenvalue weighted by atomic mass is 32.2. The van der Waals surface area contributed by atoms with Gasteiger partial charge in [0.05, 0.1) is 11.8 Å². The maximum absolute atomic E-state index is 12.1. The number of amides is 1. The largest absolute Gasteiger partial charge is 0.354 e. The van der Waals surface area contributed by atoms with Crippen LogP contribution in [0.2, 0.25) is 0 Å². The van der Waals surface area contributed by atoms with Crippen LogP contribution >= 0.6 is 0 Å². The van der Waals surface area contributed by atoms with Gasteiger partial charge in [-0.3, -0.25) is 4.79 Å². The van der Waals surface area contributed by atoms with E-state index in [1.54, 1.807) is 0 Å². The number of carbonyl (C=O) groups excluding carboxylic acids is 1. The van der Waals surface area contributed by atoms with Crippen molar-refractivity contribution in [1.82, 2.24) is 5.32 Å². The molecule has 0 bridgehead atoms. The maximum Gasteiger partial charge on any atom is 0.236 e. The zero-order valence-corrected chi connectivity index (χ0v) is 15.5. The van der Waals surface area contributed by atoms with Crippen LogP contribution < -0.4 is 11.1 Å². The van der Waals surface area contributed by atoms with Gasteiger partial charge in [-0.1, -0.05) is 38.1 Å². The summed E-state index contributed by atoms with van der Waals surface area (Å²) in [5.74, 6) is -0.0663. The molecule has 0 aliphatic heterocycles. The van der Waals surface area contributed by atoms with E-state index in [4.69, 9.17) is 5.73 Å². The number of benzene rings is 1. The van der Waals surface area contributed by atoms with Gasteiger partial charge in [-0.05, 0) is 35.8 Å². The lowest BCUT2D eigenvalue weighted by Crippen LogP contribution is -2.43. The van der Waals surface area contributed by atoms with Crippen molar-refractivity contribution in [2.75, 3.05) is 18.6 Å². The molecule has 0 heterocycles. The molecule has 0 aromatic heterocycles. The average molecular weight is 353 g/mol. The summed E-state index contributed by atoms with van der Waals surface area (Å²) in [6.45, 7) is 5.04. The maximum atomic E-state index is 12.1. The molecule has 134 valence electrons. The zero-order chi connectivity index (χ0) is 18.0. The molecule has 0 saturated carbocycles. The van der Waals surface area contributed by atoms with E-state index in [0.717, 1.165) is 19.1 Å². The molecule has 1 aromatic carbocycles. The highest BCUT2D eigenvalue weighted by Gasteiger charge is 2.32. The predicted molar refractivity (Wildman–Crippen MR) is 96.8 cm³/mol. The fraction of sp³-hybridized carbons (Fsp3) is 0.611. The molecule has 0 saturated heterocycles. The van der Waals surface area contributed by atoms with Gasteiger partial charge in [-0.25, -0.2) is 8.42 Å². The Balaban J connectivity index is 1.96. The average Bonchev–Trinajstić information content (AvgIpc) is 2.51. The summed E-state index contributed by atoms with van der Waals surface area (Å²) in [5, 5.41) is 2.90. The number of sulfone groups is 1. The molecular weight excluding hydrogens is 324 g/mol. The van der Waals surface area contributed by atoms with Gasteiger partial charge in [0.1, 0.15) is 9.84 Å². The molecule has 24 heavy (non-hydrogen) atoms. The van der Waals surface area contributed by atoms with Crippen molar-refractivity contribution in [3.63, 3.8) is 0 Å². The van der Waals surface area contributed by atoms with Crippen molar-refractivity contribution in [1.29, 1.82) is 0 Å². The Bertz CT molecular complexity index is 698. The van der Waals surface area contributed by atoms with E-state index in [-0.39, 0.29) is 29.4 Å². The van der Waals surface area contributed by atoms with Gasteiger partial charge in [0, 0.05) is 18.7 Å². The van der Waals surface area contributed by atoms with Gasteiger partial charge in [0.2, 0.25) is 5.91 Å². The number of nitrogens with one attached hydrogen (secondary N) is 1. The minimum Gasteiger partial charge on any atom is -0.354 e. The normalized spacial score (nSPS) is 20.9. The van der Waals surface area contributed by atoms with Crippen LogP contribution in [0.3, 0.4) is 0 Å². The van der Waals surface area contributed by atoms with Gasteiger partial charge in [0.25, 0.3) is 0 Å². The number of nitrogens with two attached hydrogens (primary N) is 1. The molecule has 1 aliphatic carbocycles. The number of rotatable bonds is 6. The molecule has 2 rings (SSSR count). The molecule has 6 heteroatoms. The van der Waals surface area contributed by atoms with Crippen molar-refractivity contribution in [3.8, 4) is 0 Å². The smallest absolute Gasteiger partial charge is 0.236 e. The molecule has 1 aromatic rings. The highest BCUT2D eigenvalue weighted by molar-refractivity contribution is 7.90. The third-order valence-electron chi connectivity index (χ3n) is 4.91. The lowest BCUT2D eigenvalue weighted by Gasteiger charge is -2.37. The van der Waals surface area contributed by atoms with E-state index < -0.39 is 15.9 Å². The third kappa shape index (κ3) is 4.80. The van der Waals surface area contributed by atoms with Crippen molar-refractivity contribution in [2.45, 2.75) is 50.5 Å². The molecule has 0 fully saturated rings. The molecule has 3 N–H and O–H groups in total. The lowest BCUT2D eigenvalue weighted by molar-refractivity contribution is -0.122. The zero-order valence-electron chi connectivity index (χ0n) is 14.7. The first-order valence-electron chi connectivity index (χ1n) is 8.40.